The van der Waals surface area contributed by atoms with Gasteiger partial charge in [-0.05, 0) is 99.7 Å². The van der Waals surface area contributed by atoms with E-state index in [1.807, 2.05) is 39.0 Å². The van der Waals surface area contributed by atoms with Gasteiger partial charge < -0.3 is 4.57 Å². The van der Waals surface area contributed by atoms with Crippen LogP contribution in [-0.4, -0.2) is 31.4 Å². The summed E-state index contributed by atoms with van der Waals surface area (Å²) < 4.78 is 28.7. The number of hydrogen-bond acceptors (Lipinski definition) is 4. The maximum absolute atomic E-state index is 12.8. The molecule has 0 unspecified atom stereocenters. The van der Waals surface area contributed by atoms with E-state index in [1.165, 1.54) is 21.7 Å². The lowest BCUT2D eigenvalue weighted by atomic mass is 10.1. The highest BCUT2D eigenvalue weighted by atomic mass is 32.2. The molecule has 1 N–H and O–H groups in total. The lowest BCUT2D eigenvalue weighted by Crippen LogP contribution is -2.29. The van der Waals surface area contributed by atoms with Gasteiger partial charge in [0.15, 0.2) is 0 Å². The molecule has 1 heterocycles. The van der Waals surface area contributed by atoms with Gasteiger partial charge in [-0.2, -0.15) is 5.10 Å². The maximum atomic E-state index is 12.8. The number of aryl methyl sites for hydroxylation is 5. The van der Waals surface area contributed by atoms with E-state index in [0.29, 0.717) is 11.3 Å². The molecule has 0 aliphatic carbocycles. The number of nitrogens with one attached hydrogen (secondary N) is 1. The zero-order valence-electron chi connectivity index (χ0n) is 24.1. The summed E-state index contributed by atoms with van der Waals surface area (Å²) in [4.78, 5) is 12.8. The highest BCUT2D eigenvalue weighted by molar-refractivity contribution is 7.92. The number of sulfonamides is 1. The third-order valence-electron chi connectivity index (χ3n) is 7.22. The van der Waals surface area contributed by atoms with Crippen LogP contribution in [0, 0.1) is 41.5 Å². The van der Waals surface area contributed by atoms with E-state index in [9.17, 15) is 13.2 Å². The Kier molecular flexibility index (Phi) is 8.30. The standard InChI is InChI=1S/C32H36N4O3S/c1-21-11-16-30(17-24(21)4)35(40(7,38)39)20-27-12-14-28(15-13-27)32(37)34-33-19-29-18-25(5)36(26(29)6)31-22(2)9-8-10-23(31)3/h8-19H,20H2,1-7H3,(H,34,37)/b33-19+. The summed E-state index contributed by atoms with van der Waals surface area (Å²) in [5.41, 5.74) is 13.1. The van der Waals surface area contributed by atoms with E-state index in [0.717, 1.165) is 39.3 Å². The number of nitrogens with zero attached hydrogens (tertiary/aromatic N) is 3. The Morgan fingerprint density at radius 2 is 1.52 bits per heavy atom. The van der Waals surface area contributed by atoms with Crippen LogP contribution < -0.4 is 9.73 Å². The van der Waals surface area contributed by atoms with E-state index in [-0.39, 0.29) is 12.5 Å². The van der Waals surface area contributed by atoms with E-state index in [2.05, 4.69) is 60.1 Å². The maximum Gasteiger partial charge on any atom is 0.271 e. The Morgan fingerprint density at radius 3 is 2.12 bits per heavy atom. The molecule has 0 aliphatic heterocycles. The van der Waals surface area contributed by atoms with Crippen LogP contribution in [0.1, 0.15) is 55.1 Å². The van der Waals surface area contributed by atoms with E-state index >= 15 is 0 Å². The zero-order valence-corrected chi connectivity index (χ0v) is 24.9. The van der Waals surface area contributed by atoms with Gasteiger partial charge in [-0.25, -0.2) is 13.8 Å². The van der Waals surface area contributed by atoms with Crippen molar-refractivity contribution in [3.05, 3.63) is 117 Å². The molecule has 0 radical (unpaired) electrons. The predicted octanol–water partition coefficient (Wildman–Crippen LogP) is 6.06. The van der Waals surface area contributed by atoms with Crippen molar-refractivity contribution in [2.24, 2.45) is 5.10 Å². The second-order valence-electron chi connectivity index (χ2n) is 10.3. The van der Waals surface area contributed by atoms with Crippen molar-refractivity contribution in [3.8, 4) is 5.69 Å². The van der Waals surface area contributed by atoms with Crippen molar-refractivity contribution in [2.45, 2.75) is 48.1 Å². The quantitative estimate of drug-likeness (QED) is 0.212. The normalized spacial score (nSPS) is 11.7. The number of para-hydroxylation sites is 1. The van der Waals surface area contributed by atoms with Crippen molar-refractivity contribution in [1.29, 1.82) is 0 Å². The lowest BCUT2D eigenvalue weighted by Gasteiger charge is -2.23. The van der Waals surface area contributed by atoms with Crippen molar-refractivity contribution < 1.29 is 13.2 Å². The molecule has 0 bridgehead atoms. The fraction of sp³-hybridized carbons (Fsp3) is 0.250. The molecule has 8 heteroatoms. The number of rotatable bonds is 8. The Hall–Kier alpha value is -4.17. The molecule has 0 fully saturated rings. The van der Waals surface area contributed by atoms with Crippen LogP contribution in [0.2, 0.25) is 0 Å². The second-order valence-corrected chi connectivity index (χ2v) is 12.2. The summed E-state index contributed by atoms with van der Waals surface area (Å²) in [7, 11) is -3.51. The highest BCUT2D eigenvalue weighted by Crippen LogP contribution is 2.26. The molecule has 1 aromatic heterocycles. The molecule has 4 aromatic rings. The summed E-state index contributed by atoms with van der Waals surface area (Å²) in [6, 6.07) is 20.8. The molecule has 40 heavy (non-hydrogen) atoms. The third kappa shape index (κ3) is 6.18. The molecule has 0 spiro atoms. The highest BCUT2D eigenvalue weighted by Gasteiger charge is 2.19. The largest absolute Gasteiger partial charge is 0.317 e. The molecule has 0 saturated heterocycles. The van der Waals surface area contributed by atoms with Gasteiger partial charge in [0, 0.05) is 22.5 Å². The van der Waals surface area contributed by atoms with Crippen molar-refractivity contribution in [1.82, 2.24) is 9.99 Å². The zero-order chi connectivity index (χ0) is 29.2. The summed E-state index contributed by atoms with van der Waals surface area (Å²) in [5, 5.41) is 4.20. The molecule has 0 atom stereocenters. The first-order chi connectivity index (χ1) is 18.9. The number of hydrogen-bond donors (Lipinski definition) is 1. The Labute approximate surface area is 237 Å². The number of amides is 1. The summed E-state index contributed by atoms with van der Waals surface area (Å²) in [6.45, 7) is 12.4. The lowest BCUT2D eigenvalue weighted by molar-refractivity contribution is 0.0955. The van der Waals surface area contributed by atoms with Gasteiger partial charge in [0.1, 0.15) is 0 Å². The van der Waals surface area contributed by atoms with Crippen LogP contribution in [0.4, 0.5) is 5.69 Å². The average molecular weight is 557 g/mol. The summed E-state index contributed by atoms with van der Waals surface area (Å²) >= 11 is 0. The van der Waals surface area contributed by atoms with Crippen LogP contribution in [0.25, 0.3) is 5.69 Å². The van der Waals surface area contributed by atoms with Crippen LogP contribution in [0.3, 0.4) is 0 Å². The Morgan fingerprint density at radius 1 is 0.875 bits per heavy atom. The van der Waals surface area contributed by atoms with E-state index < -0.39 is 10.0 Å². The Bertz CT molecular complexity index is 1680. The van der Waals surface area contributed by atoms with Gasteiger partial charge in [0.05, 0.1) is 30.4 Å². The monoisotopic (exact) mass is 556 g/mol. The van der Waals surface area contributed by atoms with Gasteiger partial charge >= 0.3 is 0 Å². The summed E-state index contributed by atoms with van der Waals surface area (Å²) in [5.74, 6) is -0.347. The molecule has 0 aliphatic rings. The van der Waals surface area contributed by atoms with E-state index in [4.69, 9.17) is 0 Å². The molecule has 7 nitrogen and oxygen atoms in total. The SMILES string of the molecule is Cc1ccc(N(Cc2ccc(C(=O)N/N=C/c3cc(C)n(-c4c(C)cccc4C)c3C)cc2)S(C)(=O)=O)cc1C. The summed E-state index contributed by atoms with van der Waals surface area (Å²) in [6.07, 6.45) is 2.86. The first kappa shape index (κ1) is 28.8. The Balaban J connectivity index is 1.46. The fourth-order valence-electron chi connectivity index (χ4n) is 4.85. The molecular weight excluding hydrogens is 520 g/mol. The first-order valence-corrected chi connectivity index (χ1v) is 14.9. The minimum absolute atomic E-state index is 0.164. The van der Waals surface area contributed by atoms with Crippen molar-refractivity contribution in [3.63, 3.8) is 0 Å². The third-order valence-corrected chi connectivity index (χ3v) is 8.36. The minimum Gasteiger partial charge on any atom is -0.317 e. The predicted molar refractivity (Wildman–Crippen MR) is 163 cm³/mol. The van der Waals surface area contributed by atoms with Gasteiger partial charge in [-0.1, -0.05) is 36.4 Å². The van der Waals surface area contributed by atoms with E-state index in [1.54, 1.807) is 30.5 Å². The number of benzene rings is 3. The first-order valence-electron chi connectivity index (χ1n) is 13.1. The van der Waals surface area contributed by atoms with Gasteiger partial charge in [0.2, 0.25) is 10.0 Å². The fourth-order valence-corrected chi connectivity index (χ4v) is 5.73. The molecule has 208 valence electrons. The minimum atomic E-state index is -3.51. The number of hydrazone groups is 1. The topological polar surface area (TPSA) is 83.8 Å². The van der Waals surface area contributed by atoms with Gasteiger partial charge in [-0.3, -0.25) is 9.10 Å². The van der Waals surface area contributed by atoms with Crippen LogP contribution in [0.15, 0.2) is 71.8 Å². The molecule has 4 rings (SSSR count). The van der Waals surface area contributed by atoms with Crippen LogP contribution in [0.5, 0.6) is 0 Å². The van der Waals surface area contributed by atoms with Gasteiger partial charge in [0.25, 0.3) is 5.91 Å². The van der Waals surface area contributed by atoms with Crippen molar-refractivity contribution >= 4 is 27.8 Å². The van der Waals surface area contributed by atoms with Crippen LogP contribution >= 0.6 is 0 Å². The molecule has 3 aromatic carbocycles. The molecule has 0 saturated carbocycles. The van der Waals surface area contributed by atoms with Crippen LogP contribution in [-0.2, 0) is 16.6 Å². The second kappa shape index (κ2) is 11.5. The smallest absolute Gasteiger partial charge is 0.271 e. The molecule has 1 amide bonds. The van der Waals surface area contributed by atoms with Crippen molar-refractivity contribution in [2.75, 3.05) is 10.6 Å². The average Bonchev–Trinajstić information content (AvgIpc) is 3.16. The number of anilines is 1. The number of aromatic nitrogens is 1. The van der Waals surface area contributed by atoms with Gasteiger partial charge in [-0.15, -0.1) is 0 Å². The molecular formula is C32H36N4O3S. The number of carbonyl (C=O) groups is 1. The number of carbonyl (C=O) groups excluding carboxylic acids is 1.